The zero-order valence-electron chi connectivity index (χ0n) is 7.54. The molecule has 12 heavy (non-hydrogen) atoms. The van der Waals surface area contributed by atoms with E-state index in [1.54, 1.807) is 8.92 Å². The average molecular weight is 292 g/mol. The third-order valence-corrected chi connectivity index (χ3v) is 6.11. The van der Waals surface area contributed by atoms with Crippen LogP contribution >= 0.6 is 0 Å². The van der Waals surface area contributed by atoms with Crippen LogP contribution in [-0.4, -0.2) is 29.9 Å². The second kappa shape index (κ2) is 5.83. The number of benzene rings is 1. The second-order valence-electron chi connectivity index (χ2n) is 2.31. The predicted molar refractivity (Wildman–Crippen MR) is 58.2 cm³/mol. The van der Waals surface area contributed by atoms with E-state index in [1.807, 2.05) is 0 Å². The van der Waals surface area contributed by atoms with Crippen LogP contribution < -0.4 is 8.92 Å². The van der Waals surface area contributed by atoms with Gasteiger partial charge in [0.2, 0.25) is 0 Å². The Morgan fingerprint density at radius 3 is 1.67 bits per heavy atom. The van der Waals surface area contributed by atoms with Crippen LogP contribution in [0.15, 0.2) is 24.3 Å². The minimum absolute atomic E-state index is 0.716. The molecule has 0 aliphatic heterocycles. The first-order chi connectivity index (χ1) is 5.88. The Kier molecular flexibility index (Phi) is 5.02. The summed E-state index contributed by atoms with van der Waals surface area (Å²) in [6.45, 7) is 4.55. The summed E-state index contributed by atoms with van der Waals surface area (Å²) < 4.78 is 3.27. The Labute approximate surface area is 87.5 Å². The summed E-state index contributed by atoms with van der Waals surface area (Å²) >= 11 is 1.43. The minimum atomic E-state index is 0.716. The molecule has 0 aliphatic carbocycles. The van der Waals surface area contributed by atoms with Crippen molar-refractivity contribution in [2.24, 2.45) is 0 Å². The molecule has 0 saturated heterocycles. The summed E-state index contributed by atoms with van der Waals surface area (Å²) in [5.74, 6) is 0. The van der Waals surface area contributed by atoms with Gasteiger partial charge in [-0.1, -0.05) is 0 Å². The van der Waals surface area contributed by atoms with E-state index >= 15 is 0 Å². The van der Waals surface area contributed by atoms with E-state index in [9.17, 15) is 0 Å². The van der Waals surface area contributed by atoms with Gasteiger partial charge in [-0.25, -0.2) is 0 Å². The summed E-state index contributed by atoms with van der Waals surface area (Å²) in [6.07, 6.45) is 0. The molecule has 0 nitrogen and oxygen atoms in total. The molecule has 0 aliphatic rings. The normalized spacial score (nSPS) is 10.2. The van der Waals surface area contributed by atoms with Crippen LogP contribution in [-0.2, 0) is 0 Å². The number of hydrogen-bond donors (Lipinski definition) is 0. The molecular formula is C10H14Se2. The molecule has 0 fully saturated rings. The van der Waals surface area contributed by atoms with Crippen LogP contribution in [0.25, 0.3) is 0 Å². The first-order valence-corrected chi connectivity index (χ1v) is 8.36. The van der Waals surface area contributed by atoms with E-state index in [4.69, 9.17) is 0 Å². The van der Waals surface area contributed by atoms with Crippen LogP contribution in [0.4, 0.5) is 0 Å². The molecule has 0 N–H and O–H groups in total. The fraction of sp³-hybridized carbons (Fsp3) is 0.400. The summed E-state index contributed by atoms with van der Waals surface area (Å²) in [5.41, 5.74) is 0. The monoisotopic (exact) mass is 294 g/mol. The predicted octanol–water partition coefficient (Wildman–Crippen LogP) is 1.22. The van der Waals surface area contributed by atoms with Crippen molar-refractivity contribution in [3.63, 3.8) is 0 Å². The van der Waals surface area contributed by atoms with Gasteiger partial charge < -0.3 is 0 Å². The number of rotatable bonds is 4. The van der Waals surface area contributed by atoms with Crippen molar-refractivity contribution in [3.05, 3.63) is 24.3 Å². The standard InChI is InChI=1S/C10H14Se2/c1-3-11-9-7-5-6-8-10(9)12-4-2/h5-8H,3-4H2,1-2H3. The molecule has 0 unspecified atom stereocenters. The van der Waals surface area contributed by atoms with Crippen molar-refractivity contribution in [3.8, 4) is 0 Å². The van der Waals surface area contributed by atoms with E-state index in [1.165, 1.54) is 10.6 Å². The fourth-order valence-corrected chi connectivity index (χ4v) is 5.21. The van der Waals surface area contributed by atoms with Crippen LogP contribution in [0.5, 0.6) is 0 Å². The quantitative estimate of drug-likeness (QED) is 0.732. The summed E-state index contributed by atoms with van der Waals surface area (Å²) in [7, 11) is 0. The van der Waals surface area contributed by atoms with E-state index in [0.29, 0.717) is 29.9 Å². The molecular weight excluding hydrogens is 278 g/mol. The van der Waals surface area contributed by atoms with Gasteiger partial charge in [-0.2, -0.15) is 0 Å². The van der Waals surface area contributed by atoms with Gasteiger partial charge in [-0.3, -0.25) is 0 Å². The first-order valence-electron chi connectivity index (χ1n) is 4.23. The molecule has 0 spiro atoms. The Balaban J connectivity index is 2.77. The van der Waals surface area contributed by atoms with Gasteiger partial charge in [-0.15, -0.1) is 0 Å². The molecule has 0 amide bonds. The topological polar surface area (TPSA) is 0 Å². The summed E-state index contributed by atoms with van der Waals surface area (Å²) in [4.78, 5) is 0. The van der Waals surface area contributed by atoms with Crippen molar-refractivity contribution < 1.29 is 0 Å². The van der Waals surface area contributed by atoms with Gasteiger partial charge in [0.25, 0.3) is 0 Å². The molecule has 0 aromatic heterocycles. The van der Waals surface area contributed by atoms with Gasteiger partial charge in [0, 0.05) is 0 Å². The maximum absolute atomic E-state index is 2.30. The van der Waals surface area contributed by atoms with Crippen LogP contribution in [0.2, 0.25) is 10.6 Å². The molecule has 66 valence electrons. The maximum atomic E-state index is 2.30. The van der Waals surface area contributed by atoms with Gasteiger partial charge in [0.05, 0.1) is 0 Å². The van der Waals surface area contributed by atoms with E-state index in [0.717, 1.165) is 0 Å². The Morgan fingerprint density at radius 1 is 0.917 bits per heavy atom. The molecule has 2 heteroatoms. The molecule has 1 aromatic carbocycles. The van der Waals surface area contributed by atoms with Crippen molar-refractivity contribution in [1.29, 1.82) is 0 Å². The van der Waals surface area contributed by atoms with E-state index < -0.39 is 0 Å². The number of hydrogen-bond acceptors (Lipinski definition) is 0. The summed E-state index contributed by atoms with van der Waals surface area (Å²) in [5, 5.41) is 2.65. The van der Waals surface area contributed by atoms with Crippen molar-refractivity contribution in [1.82, 2.24) is 0 Å². The first kappa shape index (κ1) is 10.3. The average Bonchev–Trinajstić information content (AvgIpc) is 2.09. The van der Waals surface area contributed by atoms with Crippen molar-refractivity contribution in [2.75, 3.05) is 0 Å². The van der Waals surface area contributed by atoms with Crippen LogP contribution in [0, 0.1) is 0 Å². The molecule has 0 saturated carbocycles. The summed E-state index contributed by atoms with van der Waals surface area (Å²) in [6, 6.07) is 8.94. The third kappa shape index (κ3) is 2.95. The fourth-order valence-electron chi connectivity index (χ4n) is 1.000. The second-order valence-corrected chi connectivity index (χ2v) is 7.79. The van der Waals surface area contributed by atoms with Crippen LogP contribution in [0.1, 0.15) is 13.8 Å². The van der Waals surface area contributed by atoms with E-state index in [-0.39, 0.29) is 0 Å². The van der Waals surface area contributed by atoms with Gasteiger partial charge in [0.15, 0.2) is 0 Å². The molecule has 1 aromatic rings. The Hall–Kier alpha value is 0.259. The van der Waals surface area contributed by atoms with Gasteiger partial charge in [0.1, 0.15) is 0 Å². The molecule has 0 radical (unpaired) electrons. The molecule has 0 heterocycles. The molecule has 0 atom stereocenters. The zero-order chi connectivity index (χ0) is 8.81. The third-order valence-electron chi connectivity index (χ3n) is 1.45. The molecule has 0 bridgehead atoms. The van der Waals surface area contributed by atoms with E-state index in [2.05, 4.69) is 38.1 Å². The Morgan fingerprint density at radius 2 is 1.33 bits per heavy atom. The SMILES string of the molecule is CC[Se]c1ccccc1[Se]CC. The van der Waals surface area contributed by atoms with Gasteiger partial charge in [-0.05, 0) is 0 Å². The van der Waals surface area contributed by atoms with Crippen molar-refractivity contribution in [2.45, 2.75) is 24.5 Å². The van der Waals surface area contributed by atoms with Crippen LogP contribution in [0.3, 0.4) is 0 Å². The molecule has 1 rings (SSSR count). The Bertz CT molecular complexity index is 208. The van der Waals surface area contributed by atoms with Crippen molar-refractivity contribution >= 4 is 38.8 Å². The zero-order valence-corrected chi connectivity index (χ0v) is 11.0. The van der Waals surface area contributed by atoms with Gasteiger partial charge >= 0.3 is 87.6 Å².